The van der Waals surface area contributed by atoms with Crippen LogP contribution in [0.3, 0.4) is 0 Å². The number of carbonyl (C=O) groups is 2. The first-order chi connectivity index (χ1) is 14.9. The summed E-state index contributed by atoms with van der Waals surface area (Å²) in [5, 5.41) is 7.04. The summed E-state index contributed by atoms with van der Waals surface area (Å²) in [5.74, 6) is -0.334. The van der Waals surface area contributed by atoms with Crippen LogP contribution in [0.25, 0.3) is 0 Å². The summed E-state index contributed by atoms with van der Waals surface area (Å²) in [6, 6.07) is 12.2. The lowest BCUT2D eigenvalue weighted by molar-refractivity contribution is 0.0926. The van der Waals surface area contributed by atoms with Gasteiger partial charge in [0.2, 0.25) is 5.82 Å². The fourth-order valence-electron chi connectivity index (χ4n) is 3.08. The predicted octanol–water partition coefficient (Wildman–Crippen LogP) is 0.775. The number of carbonyl (C=O) groups excluding carboxylic acids is 2. The summed E-state index contributed by atoms with van der Waals surface area (Å²) in [6.07, 6.45) is 1.50. The Hall–Kier alpha value is -3.86. The van der Waals surface area contributed by atoms with Gasteiger partial charge in [0.25, 0.3) is 11.8 Å². The van der Waals surface area contributed by atoms with Gasteiger partial charge in [0.1, 0.15) is 29.7 Å². The second-order valence-electron chi connectivity index (χ2n) is 6.87. The molecule has 2 amide bonds. The number of hydrogen-bond acceptors (Lipinski definition) is 7. The monoisotopic (exact) mass is 437 g/mol. The molecule has 3 N–H and O–H groups in total. The van der Waals surface area contributed by atoms with E-state index in [1.165, 1.54) is 12.4 Å². The lowest BCUT2D eigenvalue weighted by Gasteiger charge is -2.22. The molecule has 1 aliphatic heterocycles. The van der Waals surface area contributed by atoms with Crippen molar-refractivity contribution in [1.82, 2.24) is 25.1 Å². The highest BCUT2D eigenvalue weighted by Gasteiger charge is 2.30. The Morgan fingerprint density at radius 2 is 2.03 bits per heavy atom. The maximum Gasteiger partial charge on any atom is 0.291 e. The molecule has 1 aromatic carbocycles. The largest absolute Gasteiger partial charge is 0.487 e. The van der Waals surface area contributed by atoms with E-state index in [1.54, 1.807) is 22.7 Å². The van der Waals surface area contributed by atoms with Crippen LogP contribution in [0.15, 0.2) is 48.8 Å². The maximum atomic E-state index is 12.7. The molecule has 0 saturated carbocycles. The minimum atomic E-state index is -0.659. The van der Waals surface area contributed by atoms with Gasteiger partial charge < -0.3 is 20.7 Å². The molecule has 1 aliphatic rings. The molecule has 0 fully saturated rings. The highest BCUT2D eigenvalue weighted by molar-refractivity contribution is 7.80. The molecule has 0 spiro atoms. The number of primary amides is 1. The average Bonchev–Trinajstić information content (AvgIpc) is 3.20. The van der Waals surface area contributed by atoms with Crippen LogP contribution < -0.4 is 20.7 Å². The standard InChI is InChI=1S/C20H19N7O3S/c1-26-18-15(8-7-13(23-18)16(21)28)30-10-14(20(26)31)24-19(29)17-22-11-27(25-17)9-12-5-3-2-4-6-12/h2-8,11,14H,9-10H2,1H3,(H2,21,28)(H,24,29)/t14-/m0/s1. The molecular formula is C20H19N7O3S. The summed E-state index contributed by atoms with van der Waals surface area (Å²) in [6.45, 7) is 0.586. The van der Waals surface area contributed by atoms with Gasteiger partial charge in [-0.05, 0) is 17.7 Å². The minimum Gasteiger partial charge on any atom is -0.487 e. The molecule has 10 nitrogen and oxygen atoms in total. The van der Waals surface area contributed by atoms with Crippen molar-refractivity contribution >= 4 is 34.8 Å². The number of ether oxygens (including phenoxy) is 1. The number of aromatic nitrogens is 4. The van der Waals surface area contributed by atoms with Crippen molar-refractivity contribution in [3.63, 3.8) is 0 Å². The van der Waals surface area contributed by atoms with Gasteiger partial charge >= 0.3 is 0 Å². The van der Waals surface area contributed by atoms with Crippen LogP contribution in [0, 0.1) is 0 Å². The van der Waals surface area contributed by atoms with Gasteiger partial charge in [0.05, 0.1) is 6.54 Å². The molecule has 0 saturated heterocycles. The number of amides is 2. The number of rotatable bonds is 5. The van der Waals surface area contributed by atoms with Gasteiger partial charge in [0, 0.05) is 7.05 Å². The number of likely N-dealkylation sites (N-methyl/N-ethyl adjacent to an activating group) is 1. The third-order valence-electron chi connectivity index (χ3n) is 4.68. The Labute approximate surface area is 183 Å². The van der Waals surface area contributed by atoms with E-state index in [9.17, 15) is 9.59 Å². The summed E-state index contributed by atoms with van der Waals surface area (Å²) in [7, 11) is 1.68. The molecular weight excluding hydrogens is 418 g/mol. The van der Waals surface area contributed by atoms with Crippen LogP contribution in [0.1, 0.15) is 26.7 Å². The molecule has 3 heterocycles. The van der Waals surface area contributed by atoms with Crippen molar-refractivity contribution in [2.24, 2.45) is 5.73 Å². The van der Waals surface area contributed by atoms with E-state index in [1.807, 2.05) is 30.3 Å². The molecule has 158 valence electrons. The van der Waals surface area contributed by atoms with Crippen LogP contribution in [0.2, 0.25) is 0 Å². The quantitative estimate of drug-likeness (QED) is 0.560. The minimum absolute atomic E-state index is 0.0253. The normalized spacial score (nSPS) is 15.6. The highest BCUT2D eigenvalue weighted by Crippen LogP contribution is 2.29. The zero-order valence-corrected chi connectivity index (χ0v) is 17.4. The molecule has 2 aromatic heterocycles. The smallest absolute Gasteiger partial charge is 0.291 e. The first-order valence-electron chi connectivity index (χ1n) is 9.38. The van der Waals surface area contributed by atoms with Crippen molar-refractivity contribution in [3.8, 4) is 5.75 Å². The van der Waals surface area contributed by atoms with Crippen molar-refractivity contribution in [1.29, 1.82) is 0 Å². The van der Waals surface area contributed by atoms with Gasteiger partial charge in [-0.2, -0.15) is 0 Å². The van der Waals surface area contributed by atoms with E-state index in [-0.39, 0.29) is 18.1 Å². The number of nitrogens with two attached hydrogens (primary N) is 1. The van der Waals surface area contributed by atoms with Crippen LogP contribution in [0.5, 0.6) is 5.75 Å². The van der Waals surface area contributed by atoms with Crippen LogP contribution in [0.4, 0.5) is 5.82 Å². The summed E-state index contributed by atoms with van der Waals surface area (Å²) in [5.41, 5.74) is 6.44. The van der Waals surface area contributed by atoms with E-state index in [4.69, 9.17) is 22.7 Å². The Morgan fingerprint density at radius 3 is 2.77 bits per heavy atom. The first-order valence-corrected chi connectivity index (χ1v) is 9.78. The number of hydrogen-bond donors (Lipinski definition) is 2. The van der Waals surface area contributed by atoms with Crippen LogP contribution in [-0.2, 0) is 6.54 Å². The molecule has 1 atom stereocenters. The zero-order chi connectivity index (χ0) is 22.0. The predicted molar refractivity (Wildman–Crippen MR) is 116 cm³/mol. The SMILES string of the molecule is CN1C(=S)[C@@H](NC(=O)c2ncn(Cc3ccccc3)n2)COc2ccc(C(N)=O)nc21. The van der Waals surface area contributed by atoms with E-state index in [0.717, 1.165) is 5.56 Å². The lowest BCUT2D eigenvalue weighted by atomic mass is 10.2. The molecule has 3 aromatic rings. The molecule has 0 radical (unpaired) electrons. The molecule has 4 rings (SSSR count). The highest BCUT2D eigenvalue weighted by atomic mass is 32.1. The van der Waals surface area contributed by atoms with E-state index in [0.29, 0.717) is 23.1 Å². The van der Waals surface area contributed by atoms with Crippen molar-refractivity contribution in [2.45, 2.75) is 12.6 Å². The van der Waals surface area contributed by atoms with Gasteiger partial charge in [-0.25, -0.2) is 14.6 Å². The first kappa shape index (κ1) is 20.4. The second-order valence-corrected chi connectivity index (χ2v) is 7.29. The third kappa shape index (κ3) is 4.36. The number of anilines is 1. The second kappa shape index (κ2) is 8.48. The third-order valence-corrected chi connectivity index (χ3v) is 5.23. The average molecular weight is 437 g/mol. The fraction of sp³-hybridized carbons (Fsp3) is 0.200. The fourth-order valence-corrected chi connectivity index (χ4v) is 3.29. The number of thiocarbonyl (C=S) groups is 1. The number of pyridine rings is 1. The Morgan fingerprint density at radius 1 is 1.26 bits per heavy atom. The molecule has 0 bridgehead atoms. The van der Waals surface area contributed by atoms with Crippen LogP contribution >= 0.6 is 12.2 Å². The van der Waals surface area contributed by atoms with Crippen LogP contribution in [-0.4, -0.2) is 56.2 Å². The zero-order valence-electron chi connectivity index (χ0n) is 16.6. The number of fused-ring (bicyclic) bond motifs is 1. The number of nitrogens with one attached hydrogen (secondary N) is 1. The van der Waals surface area contributed by atoms with Gasteiger partial charge in [0.15, 0.2) is 11.6 Å². The molecule has 11 heteroatoms. The van der Waals surface area contributed by atoms with Gasteiger partial charge in [-0.15, -0.1) is 5.10 Å². The van der Waals surface area contributed by atoms with E-state index in [2.05, 4.69) is 20.4 Å². The van der Waals surface area contributed by atoms with Gasteiger partial charge in [-0.3, -0.25) is 9.59 Å². The Kier molecular flexibility index (Phi) is 5.58. The Balaban J connectivity index is 1.46. The van der Waals surface area contributed by atoms with Crippen molar-refractivity contribution in [3.05, 3.63) is 65.9 Å². The van der Waals surface area contributed by atoms with Gasteiger partial charge in [-0.1, -0.05) is 42.5 Å². The number of nitrogens with zero attached hydrogens (tertiary/aromatic N) is 5. The van der Waals surface area contributed by atoms with E-state index >= 15 is 0 Å². The summed E-state index contributed by atoms with van der Waals surface area (Å²) in [4.78, 5) is 34.4. The molecule has 0 unspecified atom stereocenters. The van der Waals surface area contributed by atoms with Crippen molar-refractivity contribution in [2.75, 3.05) is 18.6 Å². The number of benzene rings is 1. The Bertz CT molecular complexity index is 1150. The summed E-state index contributed by atoms with van der Waals surface area (Å²) >= 11 is 5.51. The summed E-state index contributed by atoms with van der Waals surface area (Å²) < 4.78 is 7.34. The lowest BCUT2D eigenvalue weighted by Crippen LogP contribution is -2.48. The topological polar surface area (TPSA) is 128 Å². The van der Waals surface area contributed by atoms with E-state index < -0.39 is 17.9 Å². The van der Waals surface area contributed by atoms with Crippen molar-refractivity contribution < 1.29 is 14.3 Å². The molecule has 31 heavy (non-hydrogen) atoms. The maximum absolute atomic E-state index is 12.7. The molecule has 0 aliphatic carbocycles.